The zero-order valence-corrected chi connectivity index (χ0v) is 17.5. The van der Waals surface area contributed by atoms with Crippen molar-refractivity contribution in [3.63, 3.8) is 0 Å². The van der Waals surface area contributed by atoms with Crippen LogP contribution in [-0.2, 0) is 17.4 Å². The summed E-state index contributed by atoms with van der Waals surface area (Å²) < 4.78 is 35.2. The Kier molecular flexibility index (Phi) is 5.93. The van der Waals surface area contributed by atoms with Crippen LogP contribution in [0.3, 0.4) is 0 Å². The van der Waals surface area contributed by atoms with Crippen molar-refractivity contribution in [1.82, 2.24) is 14.5 Å². The molecular weight excluding hydrogens is 388 g/mol. The van der Waals surface area contributed by atoms with Gasteiger partial charge in [0.15, 0.2) is 0 Å². The highest BCUT2D eigenvalue weighted by atomic mass is 35.5. The monoisotopic (exact) mass is 409 g/mol. The number of alkyl halides is 2. The fraction of sp³-hybridized carbons (Fsp3) is 0.368. The van der Waals surface area contributed by atoms with E-state index in [2.05, 4.69) is 23.1 Å². The molecule has 3 aromatic heterocycles. The summed E-state index contributed by atoms with van der Waals surface area (Å²) in [6.07, 6.45) is 4.38. The Labute approximate surface area is 163 Å². The molecule has 144 valence electrons. The van der Waals surface area contributed by atoms with Crippen LogP contribution in [0.25, 0.3) is 22.3 Å². The van der Waals surface area contributed by atoms with Gasteiger partial charge in [0.1, 0.15) is 12.4 Å². The predicted octanol–water partition coefficient (Wildman–Crippen LogP) is 5.32. The second-order valence-corrected chi connectivity index (χ2v) is 10.8. The van der Waals surface area contributed by atoms with E-state index in [-0.39, 0.29) is 12.3 Å². The van der Waals surface area contributed by atoms with Crippen LogP contribution in [0, 0.1) is 0 Å². The van der Waals surface area contributed by atoms with Crippen LogP contribution in [0.4, 0.5) is 8.78 Å². The van der Waals surface area contributed by atoms with E-state index >= 15 is 0 Å². The Morgan fingerprint density at radius 2 is 2.04 bits per heavy atom. The molecule has 3 rings (SSSR count). The molecule has 3 aromatic rings. The zero-order chi connectivity index (χ0) is 19.6. The van der Waals surface area contributed by atoms with E-state index in [0.717, 1.165) is 18.4 Å². The molecule has 0 atom stereocenters. The third-order valence-corrected chi connectivity index (χ3v) is 6.06. The van der Waals surface area contributed by atoms with Gasteiger partial charge in [-0.25, -0.2) is 13.8 Å². The summed E-state index contributed by atoms with van der Waals surface area (Å²) >= 11 is 6.31. The van der Waals surface area contributed by atoms with E-state index < -0.39 is 14.7 Å². The number of pyridine rings is 2. The first kappa shape index (κ1) is 19.9. The van der Waals surface area contributed by atoms with Gasteiger partial charge in [0.25, 0.3) is 5.92 Å². The van der Waals surface area contributed by atoms with Crippen LogP contribution in [0.1, 0.15) is 12.5 Å². The molecule has 3 heterocycles. The van der Waals surface area contributed by atoms with Crippen molar-refractivity contribution in [2.24, 2.45) is 0 Å². The highest BCUT2D eigenvalue weighted by Gasteiger charge is 2.25. The van der Waals surface area contributed by atoms with Gasteiger partial charge < -0.3 is 9.30 Å². The van der Waals surface area contributed by atoms with Gasteiger partial charge >= 0.3 is 0 Å². The van der Waals surface area contributed by atoms with Crippen LogP contribution < -0.4 is 0 Å². The van der Waals surface area contributed by atoms with Crippen molar-refractivity contribution in [3.05, 3.63) is 47.4 Å². The number of halogens is 3. The molecule has 0 aromatic carbocycles. The molecule has 0 N–H and O–H groups in total. The Morgan fingerprint density at radius 1 is 1.26 bits per heavy atom. The fourth-order valence-electron chi connectivity index (χ4n) is 2.78. The van der Waals surface area contributed by atoms with Gasteiger partial charge in [-0.2, -0.15) is 0 Å². The molecule has 0 fully saturated rings. The number of rotatable bonds is 7. The minimum absolute atomic E-state index is 0.136. The highest BCUT2D eigenvalue weighted by Crippen LogP contribution is 2.34. The summed E-state index contributed by atoms with van der Waals surface area (Å²) in [5.41, 5.74) is 1.80. The first-order chi connectivity index (χ1) is 12.8. The molecule has 0 bridgehead atoms. The van der Waals surface area contributed by atoms with Crippen molar-refractivity contribution < 1.29 is 13.5 Å². The average Bonchev–Trinajstić information content (AvgIpc) is 2.98. The Hall–Kier alpha value is -1.83. The second kappa shape index (κ2) is 8.04. The smallest absolute Gasteiger partial charge is 0.272 e. The molecule has 8 heteroatoms. The lowest BCUT2D eigenvalue weighted by atomic mass is 10.1. The Balaban J connectivity index is 2.04. The van der Waals surface area contributed by atoms with Crippen LogP contribution in [-0.4, -0.2) is 29.9 Å². The summed E-state index contributed by atoms with van der Waals surface area (Å²) in [5.74, 6) is -2.96. The molecule has 0 aliphatic heterocycles. The molecule has 0 aliphatic rings. The minimum atomic E-state index is -2.96. The van der Waals surface area contributed by atoms with Crippen molar-refractivity contribution in [2.75, 3.05) is 6.61 Å². The summed E-state index contributed by atoms with van der Waals surface area (Å²) in [6, 6.07) is 6.08. The van der Waals surface area contributed by atoms with Crippen LogP contribution in [0.15, 0.2) is 36.8 Å². The summed E-state index contributed by atoms with van der Waals surface area (Å²) in [5, 5.41) is 1.31. The van der Waals surface area contributed by atoms with E-state index in [4.69, 9.17) is 16.3 Å². The molecule has 0 saturated carbocycles. The van der Waals surface area contributed by atoms with Gasteiger partial charge in [0.2, 0.25) is 0 Å². The van der Waals surface area contributed by atoms with E-state index in [9.17, 15) is 8.78 Å². The third-order valence-electron chi connectivity index (χ3n) is 4.34. The summed E-state index contributed by atoms with van der Waals surface area (Å²) in [7, 11) is -0.701. The number of hydrogen-bond acceptors (Lipinski definition) is 3. The number of aromatic nitrogens is 3. The molecule has 0 amide bonds. The van der Waals surface area contributed by atoms with Gasteiger partial charge in [-0.3, -0.25) is 4.98 Å². The largest absolute Gasteiger partial charge is 0.361 e. The lowest BCUT2D eigenvalue weighted by molar-refractivity contribution is 0.0171. The highest BCUT2D eigenvalue weighted by molar-refractivity contribution is 6.55. The standard InChI is InChI=1S/C19H22ClF2N3OSi/c1-19(21,22)14-8-13(10-23-11-14)17-9-15-16(20)4-5-24-18(15)25(17)12-26-6-7-27(2)3/h4-5,8-11,27H,6-7,12H2,1-3H3. The second-order valence-electron chi connectivity index (χ2n) is 7.06. The molecular formula is C19H22ClF2N3OSi. The van der Waals surface area contributed by atoms with Crippen LogP contribution in [0.2, 0.25) is 24.2 Å². The Bertz CT molecular complexity index is 940. The normalized spacial score (nSPS) is 12.3. The molecule has 0 spiro atoms. The van der Waals surface area contributed by atoms with Gasteiger partial charge in [0, 0.05) is 57.4 Å². The van der Waals surface area contributed by atoms with Crippen molar-refractivity contribution >= 4 is 31.4 Å². The van der Waals surface area contributed by atoms with E-state index in [1.54, 1.807) is 18.5 Å². The Morgan fingerprint density at radius 3 is 2.74 bits per heavy atom. The van der Waals surface area contributed by atoms with Gasteiger partial charge in [-0.15, -0.1) is 0 Å². The minimum Gasteiger partial charge on any atom is -0.361 e. The lowest BCUT2D eigenvalue weighted by Gasteiger charge is -2.14. The maximum absolute atomic E-state index is 13.7. The molecule has 4 nitrogen and oxygen atoms in total. The van der Waals surface area contributed by atoms with Gasteiger partial charge in [0.05, 0.1) is 10.7 Å². The maximum Gasteiger partial charge on any atom is 0.272 e. The molecule has 0 radical (unpaired) electrons. The topological polar surface area (TPSA) is 39.9 Å². The quantitative estimate of drug-likeness (QED) is 0.391. The number of fused-ring (bicyclic) bond motifs is 1. The van der Waals surface area contributed by atoms with Crippen LogP contribution in [0.5, 0.6) is 0 Å². The zero-order valence-electron chi connectivity index (χ0n) is 15.5. The molecule has 27 heavy (non-hydrogen) atoms. The molecule has 0 saturated heterocycles. The number of ether oxygens (including phenoxy) is 1. The van der Waals surface area contributed by atoms with Gasteiger partial charge in [-0.1, -0.05) is 24.7 Å². The molecule has 0 unspecified atom stereocenters. The molecule has 0 aliphatic carbocycles. The fourth-order valence-corrected chi connectivity index (χ4v) is 3.62. The number of hydrogen-bond donors (Lipinski definition) is 0. The number of nitrogens with zero attached hydrogens (tertiary/aromatic N) is 3. The SMILES string of the molecule is C[SiH](C)CCOCn1c(-c2cncc(C(C)(F)F)c2)cc2c(Cl)ccnc21. The summed E-state index contributed by atoms with van der Waals surface area (Å²) in [4.78, 5) is 8.41. The van der Waals surface area contributed by atoms with Gasteiger partial charge in [-0.05, 0) is 24.2 Å². The first-order valence-corrected chi connectivity index (χ1v) is 12.3. The van der Waals surface area contributed by atoms with Crippen LogP contribution >= 0.6 is 11.6 Å². The van der Waals surface area contributed by atoms with E-state index in [1.165, 1.54) is 12.3 Å². The lowest BCUT2D eigenvalue weighted by Crippen LogP contribution is -2.10. The average molecular weight is 410 g/mol. The van der Waals surface area contributed by atoms with E-state index in [1.807, 2.05) is 10.6 Å². The first-order valence-electron chi connectivity index (χ1n) is 8.82. The maximum atomic E-state index is 13.7. The van der Waals surface area contributed by atoms with Crippen molar-refractivity contribution in [2.45, 2.75) is 38.7 Å². The third kappa shape index (κ3) is 4.54. The summed E-state index contributed by atoms with van der Waals surface area (Å²) in [6.45, 7) is 6.34. The van der Waals surface area contributed by atoms with Crippen molar-refractivity contribution in [3.8, 4) is 11.3 Å². The predicted molar refractivity (Wildman–Crippen MR) is 107 cm³/mol. The van der Waals surface area contributed by atoms with E-state index in [0.29, 0.717) is 28.5 Å². The van der Waals surface area contributed by atoms with Crippen molar-refractivity contribution in [1.29, 1.82) is 0 Å².